The molecule has 0 bridgehead atoms. The summed E-state index contributed by atoms with van der Waals surface area (Å²) in [5.74, 6) is -0.147. The molecule has 1 saturated heterocycles. The van der Waals surface area contributed by atoms with Crippen molar-refractivity contribution in [2.75, 3.05) is 13.2 Å². The number of nitrogens with zero attached hydrogens (tertiary/aromatic N) is 1. The highest BCUT2D eigenvalue weighted by Crippen LogP contribution is 2.15. The quantitative estimate of drug-likeness (QED) is 0.877. The third kappa shape index (κ3) is 4.14. The maximum Gasteiger partial charge on any atom is 0.410 e. The second-order valence-corrected chi connectivity index (χ2v) is 6.70. The van der Waals surface area contributed by atoms with Gasteiger partial charge in [0, 0.05) is 17.8 Å². The number of hydrogen-bond acceptors (Lipinski definition) is 4. The molecule has 1 atom stereocenters. The second-order valence-electron chi connectivity index (χ2n) is 5.66. The van der Waals surface area contributed by atoms with Crippen LogP contribution in [-0.2, 0) is 22.5 Å². The Bertz CT molecular complexity index is 673. The van der Waals surface area contributed by atoms with Crippen LogP contribution in [0, 0.1) is 0 Å². The lowest BCUT2D eigenvalue weighted by molar-refractivity contribution is -0.126. The van der Waals surface area contributed by atoms with Gasteiger partial charge >= 0.3 is 6.09 Å². The normalized spacial score (nSPS) is 15.7. The molecule has 0 saturated carbocycles. The Balaban J connectivity index is 1.72. The summed E-state index contributed by atoms with van der Waals surface area (Å²) in [6.07, 6.45) is 0.815. The summed E-state index contributed by atoms with van der Waals surface area (Å²) in [6, 6.07) is 13.1. The molecule has 0 unspecified atom stereocenters. The first-order chi connectivity index (χ1) is 11.7. The van der Waals surface area contributed by atoms with Gasteiger partial charge in [-0.3, -0.25) is 9.69 Å². The number of benzene rings is 1. The standard InChI is InChI=1S/C18H20N2O3S/c21-17(19-13-15-8-4-11-24-15)16(12-14-6-2-1-3-7-14)20-9-5-10-23-18(20)22/h1-4,6-8,11,16H,5,9-10,12-13H2,(H,19,21)/t16-/m1/s1. The van der Waals surface area contributed by atoms with E-state index in [0.717, 1.165) is 16.9 Å². The van der Waals surface area contributed by atoms with Crippen LogP contribution in [0.2, 0.25) is 0 Å². The number of cyclic esters (lactones) is 1. The summed E-state index contributed by atoms with van der Waals surface area (Å²) in [6.45, 7) is 1.44. The van der Waals surface area contributed by atoms with E-state index in [1.54, 1.807) is 16.2 Å². The van der Waals surface area contributed by atoms with Crippen molar-refractivity contribution in [1.82, 2.24) is 10.2 Å². The van der Waals surface area contributed by atoms with Crippen molar-refractivity contribution in [1.29, 1.82) is 0 Å². The molecule has 2 heterocycles. The fourth-order valence-electron chi connectivity index (χ4n) is 2.74. The average Bonchev–Trinajstić information content (AvgIpc) is 3.13. The van der Waals surface area contributed by atoms with Gasteiger partial charge in [-0.05, 0) is 23.4 Å². The zero-order valence-corrected chi connectivity index (χ0v) is 14.1. The summed E-state index contributed by atoms with van der Waals surface area (Å²) in [5, 5.41) is 4.92. The van der Waals surface area contributed by atoms with E-state index in [2.05, 4.69) is 5.32 Å². The van der Waals surface area contributed by atoms with Crippen molar-refractivity contribution >= 4 is 23.3 Å². The first kappa shape index (κ1) is 16.5. The summed E-state index contributed by atoms with van der Waals surface area (Å²) in [5.41, 5.74) is 1.02. The van der Waals surface area contributed by atoms with Gasteiger partial charge in [0.05, 0.1) is 13.2 Å². The molecular weight excluding hydrogens is 324 g/mol. The zero-order chi connectivity index (χ0) is 16.8. The van der Waals surface area contributed by atoms with Gasteiger partial charge in [0.2, 0.25) is 5.91 Å². The predicted molar refractivity (Wildman–Crippen MR) is 92.8 cm³/mol. The number of thiophene rings is 1. The Morgan fingerprint density at radius 3 is 2.79 bits per heavy atom. The number of rotatable bonds is 6. The fourth-order valence-corrected chi connectivity index (χ4v) is 3.38. The number of carbonyl (C=O) groups excluding carboxylic acids is 2. The van der Waals surface area contributed by atoms with E-state index in [9.17, 15) is 9.59 Å². The van der Waals surface area contributed by atoms with Crippen LogP contribution in [0.3, 0.4) is 0 Å². The Kier molecular flexibility index (Phi) is 5.48. The Hall–Kier alpha value is -2.34. The Morgan fingerprint density at radius 1 is 1.25 bits per heavy atom. The third-order valence-corrected chi connectivity index (χ3v) is 4.85. The minimum absolute atomic E-state index is 0.147. The maximum atomic E-state index is 12.7. The van der Waals surface area contributed by atoms with Crippen molar-refractivity contribution in [3.63, 3.8) is 0 Å². The molecule has 24 heavy (non-hydrogen) atoms. The topological polar surface area (TPSA) is 58.6 Å². The van der Waals surface area contributed by atoms with E-state index in [-0.39, 0.29) is 5.91 Å². The molecule has 5 nitrogen and oxygen atoms in total. The van der Waals surface area contributed by atoms with Gasteiger partial charge in [-0.25, -0.2) is 4.79 Å². The number of hydrogen-bond donors (Lipinski definition) is 1. The molecule has 1 fully saturated rings. The largest absolute Gasteiger partial charge is 0.449 e. The second kappa shape index (κ2) is 7.97. The van der Waals surface area contributed by atoms with Crippen LogP contribution in [0.1, 0.15) is 16.9 Å². The minimum Gasteiger partial charge on any atom is -0.449 e. The predicted octanol–water partition coefficient (Wildman–Crippen LogP) is 2.82. The SMILES string of the molecule is O=C(NCc1cccs1)[C@@H](Cc1ccccc1)N1CCCOC1=O. The molecule has 2 aromatic rings. The van der Waals surface area contributed by atoms with Crippen molar-refractivity contribution < 1.29 is 14.3 Å². The molecule has 0 radical (unpaired) electrons. The molecular formula is C18H20N2O3S. The van der Waals surface area contributed by atoms with Crippen LogP contribution in [-0.4, -0.2) is 36.1 Å². The van der Waals surface area contributed by atoms with Crippen molar-refractivity contribution in [2.24, 2.45) is 0 Å². The van der Waals surface area contributed by atoms with Crippen LogP contribution < -0.4 is 5.32 Å². The van der Waals surface area contributed by atoms with Crippen LogP contribution in [0.25, 0.3) is 0 Å². The third-order valence-electron chi connectivity index (χ3n) is 3.97. The van der Waals surface area contributed by atoms with Gasteiger partial charge in [-0.2, -0.15) is 0 Å². The van der Waals surface area contributed by atoms with Gasteiger partial charge in [0.1, 0.15) is 6.04 Å². The van der Waals surface area contributed by atoms with Crippen molar-refractivity contribution in [3.05, 3.63) is 58.3 Å². The summed E-state index contributed by atoms with van der Waals surface area (Å²) in [7, 11) is 0. The summed E-state index contributed by atoms with van der Waals surface area (Å²) >= 11 is 1.60. The lowest BCUT2D eigenvalue weighted by atomic mass is 10.0. The van der Waals surface area contributed by atoms with Crippen LogP contribution in [0.5, 0.6) is 0 Å². The van der Waals surface area contributed by atoms with Gasteiger partial charge in [0.15, 0.2) is 0 Å². The molecule has 1 aliphatic heterocycles. The lowest BCUT2D eigenvalue weighted by Gasteiger charge is -2.33. The molecule has 0 spiro atoms. The van der Waals surface area contributed by atoms with Crippen LogP contribution >= 0.6 is 11.3 Å². The highest BCUT2D eigenvalue weighted by molar-refractivity contribution is 7.09. The fraction of sp³-hybridized carbons (Fsp3) is 0.333. The van der Waals surface area contributed by atoms with E-state index in [1.165, 1.54) is 0 Å². The smallest absolute Gasteiger partial charge is 0.410 e. The van der Waals surface area contributed by atoms with Gasteiger partial charge in [0.25, 0.3) is 0 Å². The summed E-state index contributed by atoms with van der Waals surface area (Å²) in [4.78, 5) is 27.4. The molecule has 0 aliphatic carbocycles. The first-order valence-electron chi connectivity index (χ1n) is 8.01. The van der Waals surface area contributed by atoms with E-state index in [1.807, 2.05) is 47.8 Å². The van der Waals surface area contributed by atoms with E-state index in [0.29, 0.717) is 26.1 Å². The monoisotopic (exact) mass is 344 g/mol. The molecule has 3 rings (SSSR count). The molecule has 1 aliphatic rings. The van der Waals surface area contributed by atoms with Crippen molar-refractivity contribution in [2.45, 2.75) is 25.4 Å². The Labute approximate surface area is 145 Å². The van der Waals surface area contributed by atoms with Gasteiger partial charge in [-0.1, -0.05) is 36.4 Å². The number of ether oxygens (including phenoxy) is 1. The highest BCUT2D eigenvalue weighted by Gasteiger charge is 2.32. The van der Waals surface area contributed by atoms with Crippen LogP contribution in [0.15, 0.2) is 47.8 Å². The van der Waals surface area contributed by atoms with Crippen LogP contribution in [0.4, 0.5) is 4.79 Å². The lowest BCUT2D eigenvalue weighted by Crippen LogP contribution is -2.53. The number of carbonyl (C=O) groups is 2. The van der Waals surface area contributed by atoms with E-state index >= 15 is 0 Å². The average molecular weight is 344 g/mol. The number of nitrogens with one attached hydrogen (secondary N) is 1. The van der Waals surface area contributed by atoms with E-state index in [4.69, 9.17) is 4.74 Å². The van der Waals surface area contributed by atoms with Gasteiger partial charge in [-0.15, -0.1) is 11.3 Å². The first-order valence-corrected chi connectivity index (χ1v) is 8.89. The molecule has 2 amide bonds. The van der Waals surface area contributed by atoms with E-state index < -0.39 is 12.1 Å². The molecule has 1 aromatic carbocycles. The van der Waals surface area contributed by atoms with Gasteiger partial charge < -0.3 is 10.1 Å². The summed E-state index contributed by atoms with van der Waals surface area (Å²) < 4.78 is 5.12. The maximum absolute atomic E-state index is 12.7. The molecule has 1 aromatic heterocycles. The molecule has 1 N–H and O–H groups in total. The molecule has 6 heteroatoms. The zero-order valence-electron chi connectivity index (χ0n) is 13.3. The number of amides is 2. The minimum atomic E-state index is -0.555. The Morgan fingerprint density at radius 2 is 2.08 bits per heavy atom. The molecule has 126 valence electrons. The van der Waals surface area contributed by atoms with Crippen molar-refractivity contribution in [3.8, 4) is 0 Å². The highest BCUT2D eigenvalue weighted by atomic mass is 32.1.